The molecule has 51 heavy (non-hydrogen) atoms. The molecule has 10 heteroatoms. The molecule has 5 aromatic rings. The van der Waals surface area contributed by atoms with Gasteiger partial charge in [0.25, 0.3) is 0 Å². The molecule has 5 rings (SSSR count). The predicted molar refractivity (Wildman–Crippen MR) is 188 cm³/mol. The number of ether oxygens (including phenoxy) is 4. The van der Waals surface area contributed by atoms with Crippen molar-refractivity contribution in [2.24, 2.45) is 5.16 Å². The maximum Gasteiger partial charge on any atom is 0.338 e. The van der Waals surface area contributed by atoms with Crippen molar-refractivity contribution >= 4 is 30.1 Å². The van der Waals surface area contributed by atoms with Gasteiger partial charge in [-0.15, -0.1) is 0 Å². The van der Waals surface area contributed by atoms with Crippen LogP contribution in [0.4, 0.5) is 0 Å². The molecule has 0 aliphatic heterocycles. The first-order valence-corrected chi connectivity index (χ1v) is 16.1. The lowest BCUT2D eigenvalue weighted by Gasteiger charge is -2.33. The Morgan fingerprint density at radius 3 is 1.27 bits per heavy atom. The van der Waals surface area contributed by atoms with Gasteiger partial charge in [0.1, 0.15) is 12.7 Å². The van der Waals surface area contributed by atoms with E-state index in [0.717, 1.165) is 11.8 Å². The van der Waals surface area contributed by atoms with Crippen LogP contribution >= 0.6 is 0 Å². The Morgan fingerprint density at radius 2 is 0.843 bits per heavy atom. The van der Waals surface area contributed by atoms with Crippen molar-refractivity contribution in [1.82, 2.24) is 0 Å². The van der Waals surface area contributed by atoms with Crippen molar-refractivity contribution < 1.29 is 43.0 Å². The molecule has 0 fully saturated rings. The quantitative estimate of drug-likeness (QED) is 0.0490. The van der Waals surface area contributed by atoms with Gasteiger partial charge in [0.2, 0.25) is 0 Å². The zero-order chi connectivity index (χ0) is 35.8. The van der Waals surface area contributed by atoms with Gasteiger partial charge in [-0.2, -0.15) is 0 Å². The van der Waals surface area contributed by atoms with Crippen molar-refractivity contribution in [3.63, 3.8) is 0 Å². The molecule has 0 aliphatic rings. The fourth-order valence-electron chi connectivity index (χ4n) is 4.90. The minimum atomic E-state index is -1.61. The summed E-state index contributed by atoms with van der Waals surface area (Å²) in [6.07, 6.45) is -4.78. The SMILES string of the molecule is C[C@H](OC(=O)c1ccccc1)[C@@H](OC(=O)c1ccccc1)[C@@H](OC(=O)c1ccccc1)[C@@H](/C=N/OCc1ccccc1)OC(=O)c1ccccc1. The van der Waals surface area contributed by atoms with Gasteiger partial charge in [-0.3, -0.25) is 0 Å². The number of carbonyl (C=O) groups is 4. The standard InChI is InChI=1S/C41H35NO9/c1-29(48-38(43)31-19-9-3-10-20-31)36(50-40(45)33-23-13-5-14-24-33)37(51-41(46)34-25-15-6-16-26-34)35(49-39(44)32-21-11-4-12-22-32)27-42-47-28-30-17-7-2-8-18-30/h2-27,29,35-37H,28H2,1H3/b42-27+/t29-,35+,36+,37-/m0/s1. The smallest absolute Gasteiger partial charge is 0.338 e. The number of nitrogens with zero attached hydrogens (tertiary/aromatic N) is 1. The summed E-state index contributed by atoms with van der Waals surface area (Å²) in [4.78, 5) is 59.6. The highest BCUT2D eigenvalue weighted by Crippen LogP contribution is 2.23. The second-order valence-corrected chi connectivity index (χ2v) is 11.2. The van der Waals surface area contributed by atoms with Crippen LogP contribution in [-0.4, -0.2) is 54.5 Å². The molecule has 0 spiro atoms. The molecule has 0 amide bonds. The average molecular weight is 686 g/mol. The van der Waals surface area contributed by atoms with Gasteiger partial charge in [-0.05, 0) is 61.0 Å². The summed E-state index contributed by atoms with van der Waals surface area (Å²) in [6.45, 7) is 1.55. The summed E-state index contributed by atoms with van der Waals surface area (Å²) < 4.78 is 23.7. The molecule has 0 N–H and O–H groups in total. The molecule has 0 bridgehead atoms. The first-order chi connectivity index (χ1) is 24.9. The molecular formula is C41H35NO9. The highest BCUT2D eigenvalue weighted by atomic mass is 16.6. The van der Waals surface area contributed by atoms with Crippen LogP contribution in [0.5, 0.6) is 0 Å². The van der Waals surface area contributed by atoms with Gasteiger partial charge in [-0.25, -0.2) is 19.2 Å². The molecular weight excluding hydrogens is 650 g/mol. The first kappa shape index (κ1) is 35.7. The van der Waals surface area contributed by atoms with Gasteiger partial charge < -0.3 is 23.8 Å². The van der Waals surface area contributed by atoms with Crippen LogP contribution in [0.2, 0.25) is 0 Å². The van der Waals surface area contributed by atoms with E-state index in [0.29, 0.717) is 0 Å². The van der Waals surface area contributed by atoms with Gasteiger partial charge in [0.15, 0.2) is 18.3 Å². The van der Waals surface area contributed by atoms with E-state index in [4.69, 9.17) is 23.8 Å². The van der Waals surface area contributed by atoms with Crippen LogP contribution < -0.4 is 0 Å². The lowest BCUT2D eigenvalue weighted by atomic mass is 10.0. The summed E-state index contributed by atoms with van der Waals surface area (Å²) in [5.74, 6) is -3.16. The van der Waals surface area contributed by atoms with Crippen molar-refractivity contribution in [3.8, 4) is 0 Å². The third kappa shape index (κ3) is 10.5. The summed E-state index contributed by atoms with van der Waals surface area (Å²) in [7, 11) is 0. The summed E-state index contributed by atoms with van der Waals surface area (Å²) in [6, 6.07) is 41.8. The van der Waals surface area contributed by atoms with Gasteiger partial charge in [0.05, 0.1) is 28.5 Å². The van der Waals surface area contributed by atoms with Gasteiger partial charge in [0, 0.05) is 0 Å². The number of hydrogen-bond acceptors (Lipinski definition) is 10. The Balaban J connectivity index is 1.55. The molecule has 4 atom stereocenters. The van der Waals surface area contributed by atoms with Crippen molar-refractivity contribution in [3.05, 3.63) is 179 Å². The topological polar surface area (TPSA) is 127 Å². The molecule has 0 unspecified atom stereocenters. The molecule has 0 radical (unpaired) electrons. The van der Waals surface area contributed by atoms with E-state index in [-0.39, 0.29) is 28.9 Å². The average Bonchev–Trinajstić information content (AvgIpc) is 3.18. The normalized spacial score (nSPS) is 13.2. The summed E-state index contributed by atoms with van der Waals surface area (Å²) >= 11 is 0. The summed E-state index contributed by atoms with van der Waals surface area (Å²) in [5.41, 5.74) is 1.58. The Kier molecular flexibility index (Phi) is 12.8. The maximum atomic E-state index is 13.7. The molecule has 5 aromatic carbocycles. The highest BCUT2D eigenvalue weighted by molar-refractivity contribution is 5.92. The Bertz CT molecular complexity index is 1890. The van der Waals surface area contributed by atoms with Gasteiger partial charge in [-0.1, -0.05) is 108 Å². The second kappa shape index (κ2) is 18.3. The lowest BCUT2D eigenvalue weighted by Crippen LogP contribution is -2.51. The van der Waals surface area contributed by atoms with Crippen LogP contribution in [0.25, 0.3) is 0 Å². The molecule has 0 saturated carbocycles. The highest BCUT2D eigenvalue weighted by Gasteiger charge is 2.43. The Hall–Kier alpha value is -6.55. The fraction of sp³-hybridized carbons (Fsp3) is 0.146. The summed E-state index contributed by atoms with van der Waals surface area (Å²) in [5, 5.41) is 4.06. The second-order valence-electron chi connectivity index (χ2n) is 11.2. The number of esters is 4. The number of carbonyl (C=O) groups excluding carboxylic acids is 4. The van der Waals surface area contributed by atoms with Crippen LogP contribution in [-0.2, 0) is 30.4 Å². The van der Waals surface area contributed by atoms with Crippen molar-refractivity contribution in [2.45, 2.75) is 37.9 Å². The zero-order valence-corrected chi connectivity index (χ0v) is 27.6. The largest absolute Gasteiger partial charge is 0.455 e. The van der Waals surface area contributed by atoms with E-state index in [1.54, 1.807) is 97.1 Å². The van der Waals surface area contributed by atoms with E-state index in [1.807, 2.05) is 30.3 Å². The van der Waals surface area contributed by atoms with E-state index >= 15 is 0 Å². The number of benzene rings is 5. The molecule has 0 aromatic heterocycles. The van der Waals surface area contributed by atoms with Crippen molar-refractivity contribution in [1.29, 1.82) is 0 Å². The lowest BCUT2D eigenvalue weighted by molar-refractivity contribution is -0.106. The third-order valence-corrected chi connectivity index (χ3v) is 7.53. The molecule has 0 aliphatic carbocycles. The van der Waals surface area contributed by atoms with E-state index in [1.165, 1.54) is 31.2 Å². The van der Waals surface area contributed by atoms with Crippen LogP contribution in [0.3, 0.4) is 0 Å². The van der Waals surface area contributed by atoms with Crippen LogP contribution in [0.15, 0.2) is 157 Å². The molecule has 10 nitrogen and oxygen atoms in total. The number of hydrogen-bond donors (Lipinski definition) is 0. The zero-order valence-electron chi connectivity index (χ0n) is 27.6. The molecule has 0 heterocycles. The van der Waals surface area contributed by atoms with E-state index in [2.05, 4.69) is 5.16 Å². The molecule has 258 valence electrons. The Labute approximate surface area is 295 Å². The first-order valence-electron chi connectivity index (χ1n) is 16.1. The number of oxime groups is 1. The minimum absolute atomic E-state index is 0.0721. The van der Waals surface area contributed by atoms with Crippen LogP contribution in [0.1, 0.15) is 53.9 Å². The maximum absolute atomic E-state index is 13.7. The minimum Gasteiger partial charge on any atom is -0.455 e. The predicted octanol–water partition coefficient (Wildman–Crippen LogP) is 7.11. The third-order valence-electron chi connectivity index (χ3n) is 7.53. The van der Waals surface area contributed by atoms with Crippen molar-refractivity contribution in [2.75, 3.05) is 0 Å². The fourth-order valence-corrected chi connectivity index (χ4v) is 4.90. The van der Waals surface area contributed by atoms with E-state index in [9.17, 15) is 19.2 Å². The Morgan fingerprint density at radius 1 is 0.490 bits per heavy atom. The number of rotatable bonds is 15. The molecule has 0 saturated heterocycles. The van der Waals surface area contributed by atoms with Gasteiger partial charge >= 0.3 is 23.9 Å². The van der Waals surface area contributed by atoms with Crippen LogP contribution in [0, 0.1) is 0 Å². The monoisotopic (exact) mass is 685 g/mol. The van der Waals surface area contributed by atoms with E-state index < -0.39 is 48.3 Å².